The molecule has 3 aromatic rings. The van der Waals surface area contributed by atoms with Gasteiger partial charge in [0.15, 0.2) is 0 Å². The van der Waals surface area contributed by atoms with E-state index in [4.69, 9.17) is 9.84 Å². The maximum absolute atomic E-state index is 14.1. The fourth-order valence-corrected chi connectivity index (χ4v) is 4.98. The summed E-state index contributed by atoms with van der Waals surface area (Å²) in [4.78, 5) is 13.5. The third-order valence-corrected chi connectivity index (χ3v) is 7.02. The van der Waals surface area contributed by atoms with Gasteiger partial charge in [-0.2, -0.15) is 0 Å². The molecule has 0 unspecified atom stereocenters. The molecular weight excluding hydrogens is 417 g/mol. The maximum atomic E-state index is 14.1. The van der Waals surface area contributed by atoms with Gasteiger partial charge < -0.3 is 9.84 Å². The zero-order valence-electron chi connectivity index (χ0n) is 18.8. The monoisotopic (exact) mass is 445 g/mol. The molecule has 2 aliphatic rings. The van der Waals surface area contributed by atoms with Crippen LogP contribution in [0, 0.1) is 18.7 Å². The van der Waals surface area contributed by atoms with Crippen LogP contribution in [-0.4, -0.2) is 28.6 Å². The van der Waals surface area contributed by atoms with Crippen molar-refractivity contribution in [3.63, 3.8) is 0 Å². The molecule has 1 saturated carbocycles. The van der Waals surface area contributed by atoms with E-state index in [2.05, 4.69) is 23.1 Å². The molecule has 0 amide bonds. The van der Waals surface area contributed by atoms with Crippen LogP contribution in [0.1, 0.15) is 35.1 Å². The van der Waals surface area contributed by atoms with Gasteiger partial charge in [-0.15, -0.1) is 0 Å². The van der Waals surface area contributed by atoms with Crippen LogP contribution in [0.15, 0.2) is 60.7 Å². The zero-order valence-corrected chi connectivity index (χ0v) is 18.8. The largest absolute Gasteiger partial charge is 0.493 e. The Kier molecular flexibility index (Phi) is 5.90. The van der Waals surface area contributed by atoms with Gasteiger partial charge in [0.25, 0.3) is 0 Å². The molecule has 3 aromatic carbocycles. The Hall–Kier alpha value is -3.18. The number of carboxylic acid groups (broad SMARTS) is 1. The van der Waals surface area contributed by atoms with Gasteiger partial charge in [0.1, 0.15) is 11.6 Å². The Labute approximate surface area is 193 Å². The number of halogens is 1. The van der Waals surface area contributed by atoms with E-state index < -0.39 is 5.97 Å². The summed E-state index contributed by atoms with van der Waals surface area (Å²) in [6, 6.07) is 19.6. The van der Waals surface area contributed by atoms with Crippen LogP contribution in [0.3, 0.4) is 0 Å². The SMILES string of the molecule is Cc1cc(CCOc2ccc3c(c2)CN([C@H]2C[C@H](C(=O)O)C2)C3)ccc1-c1ccccc1F. The first-order valence-electron chi connectivity index (χ1n) is 11.5. The number of hydrogen-bond donors (Lipinski definition) is 1. The molecule has 1 aliphatic heterocycles. The van der Waals surface area contributed by atoms with Crippen molar-refractivity contribution in [2.45, 2.75) is 45.3 Å². The van der Waals surface area contributed by atoms with Gasteiger partial charge in [-0.25, -0.2) is 4.39 Å². The van der Waals surface area contributed by atoms with E-state index in [1.807, 2.05) is 37.3 Å². The lowest BCUT2D eigenvalue weighted by atomic mass is 9.79. The normalized spacial score (nSPS) is 19.7. The fraction of sp³-hybridized carbons (Fsp3) is 0.321. The molecule has 0 atom stereocenters. The first-order chi connectivity index (χ1) is 16.0. The lowest BCUT2D eigenvalue weighted by Crippen LogP contribution is -2.44. The summed E-state index contributed by atoms with van der Waals surface area (Å²) in [6.45, 7) is 4.34. The first kappa shape index (κ1) is 21.7. The molecule has 0 saturated heterocycles. The number of benzene rings is 3. The van der Waals surface area contributed by atoms with Gasteiger partial charge >= 0.3 is 5.97 Å². The molecule has 33 heavy (non-hydrogen) atoms. The Morgan fingerprint density at radius 2 is 1.82 bits per heavy atom. The standard InChI is InChI=1S/C28H28FNO3/c1-18-12-19(6-9-25(18)26-4-2-3-5-27(26)29)10-11-33-24-8-7-20-16-30(17-22(20)15-24)23-13-21(14-23)28(31)32/h2-9,12,15,21,23H,10-11,13-14,16-17H2,1H3,(H,31,32)/t21-,23-. The molecule has 5 heteroatoms. The average molecular weight is 446 g/mol. The summed E-state index contributed by atoms with van der Waals surface area (Å²) in [5.41, 5.74) is 6.35. The van der Waals surface area contributed by atoms with Crippen molar-refractivity contribution in [3.05, 3.63) is 88.7 Å². The molecule has 1 fully saturated rings. The van der Waals surface area contributed by atoms with Crippen LogP contribution < -0.4 is 4.74 Å². The van der Waals surface area contributed by atoms with Crippen LogP contribution in [0.2, 0.25) is 0 Å². The summed E-state index contributed by atoms with van der Waals surface area (Å²) in [7, 11) is 0. The molecule has 0 bridgehead atoms. The number of rotatable bonds is 7. The predicted octanol–water partition coefficient (Wildman–Crippen LogP) is 5.60. The van der Waals surface area contributed by atoms with E-state index >= 15 is 0 Å². The summed E-state index contributed by atoms with van der Waals surface area (Å²) in [5.74, 6) is -0.184. The summed E-state index contributed by atoms with van der Waals surface area (Å²) >= 11 is 0. The molecule has 1 N–H and O–H groups in total. The highest BCUT2D eigenvalue weighted by molar-refractivity contribution is 5.71. The average Bonchev–Trinajstić information content (AvgIpc) is 3.16. The number of nitrogens with zero attached hydrogens (tertiary/aromatic N) is 1. The van der Waals surface area contributed by atoms with Gasteiger partial charge in [-0.1, -0.05) is 42.5 Å². The van der Waals surface area contributed by atoms with Crippen molar-refractivity contribution in [1.29, 1.82) is 0 Å². The Balaban J connectivity index is 1.16. The van der Waals surface area contributed by atoms with Crippen LogP contribution in [0.25, 0.3) is 11.1 Å². The van der Waals surface area contributed by atoms with Crippen LogP contribution in [0.4, 0.5) is 4.39 Å². The number of carbonyl (C=O) groups is 1. The van der Waals surface area contributed by atoms with Gasteiger partial charge in [0, 0.05) is 31.1 Å². The van der Waals surface area contributed by atoms with Crippen molar-refractivity contribution in [2.24, 2.45) is 5.92 Å². The second kappa shape index (κ2) is 8.99. The fourth-order valence-electron chi connectivity index (χ4n) is 4.98. The van der Waals surface area contributed by atoms with Gasteiger partial charge in [0.05, 0.1) is 12.5 Å². The van der Waals surface area contributed by atoms with E-state index in [-0.39, 0.29) is 11.7 Å². The van der Waals surface area contributed by atoms with Crippen molar-refractivity contribution in [3.8, 4) is 16.9 Å². The lowest BCUT2D eigenvalue weighted by molar-refractivity contribution is -0.147. The summed E-state index contributed by atoms with van der Waals surface area (Å²) < 4.78 is 20.2. The first-order valence-corrected chi connectivity index (χ1v) is 11.5. The topological polar surface area (TPSA) is 49.8 Å². The van der Waals surface area contributed by atoms with Crippen LogP contribution >= 0.6 is 0 Å². The van der Waals surface area contributed by atoms with E-state index in [9.17, 15) is 9.18 Å². The maximum Gasteiger partial charge on any atom is 0.306 e. The molecule has 0 radical (unpaired) electrons. The number of ether oxygens (including phenoxy) is 1. The third kappa shape index (κ3) is 4.51. The van der Waals surface area contributed by atoms with Crippen molar-refractivity contribution >= 4 is 5.97 Å². The molecule has 0 spiro atoms. The molecule has 170 valence electrons. The Morgan fingerprint density at radius 1 is 1.03 bits per heavy atom. The molecule has 4 nitrogen and oxygen atoms in total. The van der Waals surface area contributed by atoms with Crippen LogP contribution in [-0.2, 0) is 24.3 Å². The van der Waals surface area contributed by atoms with E-state index in [1.54, 1.807) is 6.07 Å². The molecular formula is C28H28FNO3. The Bertz CT molecular complexity index is 1190. The van der Waals surface area contributed by atoms with Gasteiger partial charge in [-0.3, -0.25) is 9.69 Å². The van der Waals surface area contributed by atoms with Crippen molar-refractivity contribution in [1.82, 2.24) is 4.90 Å². The predicted molar refractivity (Wildman–Crippen MR) is 126 cm³/mol. The van der Waals surface area contributed by atoms with E-state index in [1.165, 1.54) is 17.2 Å². The number of hydrogen-bond acceptors (Lipinski definition) is 3. The summed E-state index contributed by atoms with van der Waals surface area (Å²) in [5, 5.41) is 9.11. The van der Waals surface area contributed by atoms with Crippen LogP contribution in [0.5, 0.6) is 5.75 Å². The quantitative estimate of drug-likeness (QED) is 0.514. The van der Waals surface area contributed by atoms with E-state index in [0.29, 0.717) is 18.2 Å². The second-order valence-corrected chi connectivity index (χ2v) is 9.22. The number of fused-ring (bicyclic) bond motifs is 1. The molecule has 1 aliphatic carbocycles. The van der Waals surface area contributed by atoms with Gasteiger partial charge in [-0.05, 0) is 65.8 Å². The minimum Gasteiger partial charge on any atom is -0.493 e. The highest BCUT2D eigenvalue weighted by Crippen LogP contribution is 2.37. The molecule has 1 heterocycles. The second-order valence-electron chi connectivity index (χ2n) is 9.22. The minimum atomic E-state index is -0.671. The highest BCUT2D eigenvalue weighted by Gasteiger charge is 2.39. The third-order valence-electron chi connectivity index (χ3n) is 7.02. The smallest absolute Gasteiger partial charge is 0.306 e. The molecule has 0 aromatic heterocycles. The lowest BCUT2D eigenvalue weighted by Gasteiger charge is -2.39. The molecule has 5 rings (SSSR count). The highest BCUT2D eigenvalue weighted by atomic mass is 19.1. The zero-order chi connectivity index (χ0) is 22.9. The number of carboxylic acids is 1. The van der Waals surface area contributed by atoms with E-state index in [0.717, 1.165) is 54.8 Å². The number of aliphatic carboxylic acids is 1. The van der Waals surface area contributed by atoms with Crippen molar-refractivity contribution in [2.75, 3.05) is 6.61 Å². The van der Waals surface area contributed by atoms with Crippen molar-refractivity contribution < 1.29 is 19.0 Å². The number of aryl methyl sites for hydroxylation is 1. The Morgan fingerprint density at radius 3 is 2.58 bits per heavy atom. The van der Waals surface area contributed by atoms with Gasteiger partial charge in [0.2, 0.25) is 0 Å². The summed E-state index contributed by atoms with van der Waals surface area (Å²) in [6.07, 6.45) is 2.28. The minimum absolute atomic E-state index is 0.179.